The fourth-order valence-corrected chi connectivity index (χ4v) is 1.47. The van der Waals surface area contributed by atoms with Crippen LogP contribution in [-0.4, -0.2) is 13.1 Å². The summed E-state index contributed by atoms with van der Waals surface area (Å²) in [5.74, 6) is 1.58. The Bertz CT molecular complexity index is 151. The van der Waals surface area contributed by atoms with Crippen LogP contribution in [0.3, 0.4) is 0 Å². The normalized spacial score (nSPS) is 15.1. The lowest BCUT2D eigenvalue weighted by Gasteiger charge is -2.20. The summed E-state index contributed by atoms with van der Waals surface area (Å²) in [6.45, 7) is 15.3. The van der Waals surface area contributed by atoms with Gasteiger partial charge in [-0.1, -0.05) is 26.3 Å². The third-order valence-corrected chi connectivity index (χ3v) is 2.89. The van der Waals surface area contributed by atoms with Crippen LogP contribution < -0.4 is 5.32 Å². The lowest BCUT2D eigenvalue weighted by molar-refractivity contribution is 0.348. The van der Waals surface area contributed by atoms with E-state index in [-0.39, 0.29) is 0 Å². The molecule has 0 saturated heterocycles. The monoisotopic (exact) mass is 197 g/mol. The fraction of sp³-hybridized carbons (Fsp3) is 0.846. The van der Waals surface area contributed by atoms with Gasteiger partial charge in [0.2, 0.25) is 0 Å². The first-order chi connectivity index (χ1) is 6.57. The Labute approximate surface area is 90.0 Å². The molecule has 14 heavy (non-hydrogen) atoms. The Balaban J connectivity index is 3.53. The van der Waals surface area contributed by atoms with Gasteiger partial charge in [0, 0.05) is 0 Å². The number of hydrogen-bond donors (Lipinski definition) is 1. The van der Waals surface area contributed by atoms with E-state index in [1.807, 2.05) is 0 Å². The summed E-state index contributed by atoms with van der Waals surface area (Å²) in [5.41, 5.74) is 1.31. The van der Waals surface area contributed by atoms with Crippen molar-refractivity contribution in [2.24, 2.45) is 11.8 Å². The van der Waals surface area contributed by atoms with Gasteiger partial charge in [0.1, 0.15) is 0 Å². The maximum Gasteiger partial charge on any atom is -0.00206 e. The van der Waals surface area contributed by atoms with Gasteiger partial charge in [-0.2, -0.15) is 0 Å². The van der Waals surface area contributed by atoms with Crippen LogP contribution in [0.5, 0.6) is 0 Å². The molecule has 0 bridgehead atoms. The summed E-state index contributed by atoms with van der Waals surface area (Å²) in [5, 5.41) is 3.48. The molecule has 0 spiro atoms. The van der Waals surface area contributed by atoms with Crippen LogP contribution in [0.2, 0.25) is 0 Å². The Morgan fingerprint density at radius 2 is 1.93 bits per heavy atom. The minimum atomic E-state index is 0.779. The first-order valence-electron chi connectivity index (χ1n) is 5.93. The van der Waals surface area contributed by atoms with Crippen molar-refractivity contribution < 1.29 is 0 Å². The summed E-state index contributed by atoms with van der Waals surface area (Å²) < 4.78 is 0. The number of allylic oxidation sites excluding steroid dienone is 1. The minimum Gasteiger partial charge on any atom is -0.316 e. The van der Waals surface area contributed by atoms with Gasteiger partial charge < -0.3 is 5.32 Å². The number of nitrogens with one attached hydrogen (secondary N) is 1. The molecule has 0 aliphatic carbocycles. The molecule has 1 N–H and O–H groups in total. The van der Waals surface area contributed by atoms with Crippen molar-refractivity contribution in [1.29, 1.82) is 0 Å². The first kappa shape index (κ1) is 13.7. The summed E-state index contributed by atoms with van der Waals surface area (Å²) in [7, 11) is 0. The molecule has 0 aliphatic rings. The van der Waals surface area contributed by atoms with E-state index >= 15 is 0 Å². The van der Waals surface area contributed by atoms with E-state index in [0.717, 1.165) is 24.9 Å². The summed E-state index contributed by atoms with van der Waals surface area (Å²) in [6, 6.07) is 0. The molecule has 0 rings (SSSR count). The predicted octanol–water partition coefficient (Wildman–Crippen LogP) is 3.61. The highest BCUT2D eigenvalue weighted by molar-refractivity contribution is 4.88. The van der Waals surface area contributed by atoms with E-state index in [9.17, 15) is 0 Å². The molecule has 0 amide bonds. The average molecular weight is 197 g/mol. The van der Waals surface area contributed by atoms with Crippen LogP contribution in [0.25, 0.3) is 0 Å². The fourth-order valence-electron chi connectivity index (χ4n) is 1.47. The van der Waals surface area contributed by atoms with Gasteiger partial charge in [0.25, 0.3) is 0 Å². The molecule has 0 aromatic heterocycles. The van der Waals surface area contributed by atoms with Crippen molar-refractivity contribution in [2.75, 3.05) is 13.1 Å². The van der Waals surface area contributed by atoms with Crippen molar-refractivity contribution in [3.8, 4) is 0 Å². The van der Waals surface area contributed by atoms with Crippen LogP contribution in [-0.2, 0) is 0 Å². The highest BCUT2D eigenvalue weighted by atomic mass is 14.8. The molecule has 1 heteroatoms. The van der Waals surface area contributed by atoms with Crippen molar-refractivity contribution >= 4 is 0 Å². The third-order valence-electron chi connectivity index (χ3n) is 2.89. The molecule has 2 unspecified atom stereocenters. The molecule has 0 aromatic carbocycles. The van der Waals surface area contributed by atoms with Gasteiger partial charge in [0.15, 0.2) is 0 Å². The highest BCUT2D eigenvalue weighted by Crippen LogP contribution is 2.18. The van der Waals surface area contributed by atoms with E-state index in [1.165, 1.54) is 24.8 Å². The standard InChI is InChI=1S/C13H27N/c1-6-9-14-10-13(5)12(4)8-7-11(2)3/h12-14H,2,6-10H2,1,3-5H3. The van der Waals surface area contributed by atoms with Crippen LogP contribution in [0.1, 0.15) is 47.0 Å². The van der Waals surface area contributed by atoms with E-state index in [1.54, 1.807) is 0 Å². The van der Waals surface area contributed by atoms with Crippen molar-refractivity contribution in [3.63, 3.8) is 0 Å². The molecule has 1 nitrogen and oxygen atoms in total. The highest BCUT2D eigenvalue weighted by Gasteiger charge is 2.10. The van der Waals surface area contributed by atoms with Crippen molar-refractivity contribution in [2.45, 2.75) is 47.0 Å². The number of rotatable bonds is 8. The van der Waals surface area contributed by atoms with E-state index < -0.39 is 0 Å². The summed E-state index contributed by atoms with van der Waals surface area (Å²) in [6.07, 6.45) is 3.69. The molecular formula is C13H27N. The van der Waals surface area contributed by atoms with Crippen molar-refractivity contribution in [3.05, 3.63) is 12.2 Å². The maximum atomic E-state index is 3.95. The van der Waals surface area contributed by atoms with Crippen LogP contribution in [0.4, 0.5) is 0 Å². The Morgan fingerprint density at radius 1 is 1.29 bits per heavy atom. The second kappa shape index (κ2) is 8.05. The molecule has 0 heterocycles. The second-order valence-electron chi connectivity index (χ2n) is 4.65. The number of hydrogen-bond acceptors (Lipinski definition) is 1. The van der Waals surface area contributed by atoms with Gasteiger partial charge in [-0.25, -0.2) is 0 Å². The summed E-state index contributed by atoms with van der Waals surface area (Å²) in [4.78, 5) is 0. The van der Waals surface area contributed by atoms with Crippen LogP contribution in [0.15, 0.2) is 12.2 Å². The molecule has 0 aliphatic heterocycles. The largest absolute Gasteiger partial charge is 0.316 e. The SMILES string of the molecule is C=C(C)CCC(C)C(C)CNCCC. The zero-order chi connectivity index (χ0) is 11.0. The molecule has 2 atom stereocenters. The van der Waals surface area contributed by atoms with Crippen LogP contribution in [0, 0.1) is 11.8 Å². The van der Waals surface area contributed by atoms with E-state index in [2.05, 4.69) is 39.6 Å². The quantitative estimate of drug-likeness (QED) is 0.463. The molecule has 0 radical (unpaired) electrons. The average Bonchev–Trinajstić information content (AvgIpc) is 2.14. The Hall–Kier alpha value is -0.300. The molecular weight excluding hydrogens is 170 g/mol. The van der Waals surface area contributed by atoms with Gasteiger partial charge in [-0.05, 0) is 51.1 Å². The molecule has 0 fully saturated rings. The smallest absolute Gasteiger partial charge is 0.00206 e. The lowest BCUT2D eigenvalue weighted by Crippen LogP contribution is -2.25. The second-order valence-corrected chi connectivity index (χ2v) is 4.65. The zero-order valence-corrected chi connectivity index (χ0v) is 10.4. The first-order valence-corrected chi connectivity index (χ1v) is 5.93. The lowest BCUT2D eigenvalue weighted by atomic mass is 9.90. The molecule has 84 valence electrons. The Morgan fingerprint density at radius 3 is 2.43 bits per heavy atom. The van der Waals surface area contributed by atoms with E-state index in [4.69, 9.17) is 0 Å². The third kappa shape index (κ3) is 7.14. The summed E-state index contributed by atoms with van der Waals surface area (Å²) >= 11 is 0. The molecule has 0 saturated carbocycles. The van der Waals surface area contributed by atoms with Gasteiger partial charge >= 0.3 is 0 Å². The molecule has 0 aromatic rings. The van der Waals surface area contributed by atoms with Gasteiger partial charge in [0.05, 0.1) is 0 Å². The van der Waals surface area contributed by atoms with Crippen molar-refractivity contribution in [1.82, 2.24) is 5.32 Å². The maximum absolute atomic E-state index is 3.95. The minimum absolute atomic E-state index is 0.779. The zero-order valence-electron chi connectivity index (χ0n) is 10.4. The Kier molecular flexibility index (Phi) is 7.87. The van der Waals surface area contributed by atoms with Crippen LogP contribution >= 0.6 is 0 Å². The van der Waals surface area contributed by atoms with Gasteiger partial charge in [-0.15, -0.1) is 6.58 Å². The van der Waals surface area contributed by atoms with E-state index in [0.29, 0.717) is 0 Å². The predicted molar refractivity (Wildman–Crippen MR) is 65.5 cm³/mol. The topological polar surface area (TPSA) is 12.0 Å². The van der Waals surface area contributed by atoms with Gasteiger partial charge in [-0.3, -0.25) is 0 Å².